The van der Waals surface area contributed by atoms with Gasteiger partial charge in [0.1, 0.15) is 6.04 Å². The van der Waals surface area contributed by atoms with E-state index in [-0.39, 0.29) is 0 Å². The molecule has 2 N–H and O–H groups in total. The molecular weight excluding hydrogens is 194 g/mol. The number of β-amino-alcohol motifs (C(OH)–C–C–N with tert-alkyl or cyclic N) is 1. The number of carboxylic acids is 1. The molecule has 1 rings (SSSR count). The Hall–Kier alpha value is -0.610. The van der Waals surface area contributed by atoms with Crippen LogP contribution in [0.25, 0.3) is 0 Å². The van der Waals surface area contributed by atoms with E-state index in [0.29, 0.717) is 18.9 Å². The first-order chi connectivity index (χ1) is 7.04. The lowest BCUT2D eigenvalue weighted by molar-refractivity contribution is -0.142. The van der Waals surface area contributed by atoms with E-state index in [1.807, 2.05) is 4.90 Å². The largest absolute Gasteiger partial charge is 0.480 e. The van der Waals surface area contributed by atoms with Crippen molar-refractivity contribution in [1.29, 1.82) is 0 Å². The summed E-state index contributed by atoms with van der Waals surface area (Å²) in [7, 11) is 0. The maximum Gasteiger partial charge on any atom is 0.321 e. The molecule has 0 amide bonds. The van der Waals surface area contributed by atoms with Crippen molar-refractivity contribution in [3.8, 4) is 0 Å². The van der Waals surface area contributed by atoms with Crippen LogP contribution in [0.15, 0.2) is 0 Å². The summed E-state index contributed by atoms with van der Waals surface area (Å²) < 4.78 is 0. The molecule has 0 aromatic carbocycles. The van der Waals surface area contributed by atoms with Crippen molar-refractivity contribution in [3.63, 3.8) is 0 Å². The molecule has 4 nitrogen and oxygen atoms in total. The highest BCUT2D eigenvalue weighted by Crippen LogP contribution is 2.20. The molecule has 1 aliphatic heterocycles. The Labute approximate surface area is 90.9 Å². The van der Waals surface area contributed by atoms with Gasteiger partial charge in [-0.05, 0) is 12.3 Å². The van der Waals surface area contributed by atoms with Crippen LogP contribution in [0.5, 0.6) is 0 Å². The lowest BCUT2D eigenvalue weighted by atomic mass is 10.1. The van der Waals surface area contributed by atoms with Crippen LogP contribution in [-0.2, 0) is 4.79 Å². The van der Waals surface area contributed by atoms with Crippen LogP contribution in [-0.4, -0.2) is 46.3 Å². The summed E-state index contributed by atoms with van der Waals surface area (Å²) in [6, 6.07) is -0.487. The zero-order chi connectivity index (χ0) is 11.4. The maximum absolute atomic E-state index is 10.9. The number of hydrogen-bond acceptors (Lipinski definition) is 3. The highest BCUT2D eigenvalue weighted by Gasteiger charge is 2.36. The second kappa shape index (κ2) is 5.47. The van der Waals surface area contributed by atoms with Gasteiger partial charge in [0.25, 0.3) is 0 Å². The zero-order valence-electron chi connectivity index (χ0n) is 9.52. The van der Waals surface area contributed by atoms with Crippen LogP contribution in [0.4, 0.5) is 0 Å². The normalized spacial score (nSPS) is 29.3. The lowest BCUT2D eigenvalue weighted by Crippen LogP contribution is -2.38. The first-order valence-electron chi connectivity index (χ1n) is 5.69. The molecule has 1 aliphatic rings. The molecule has 0 aromatic heterocycles. The molecule has 0 radical (unpaired) electrons. The predicted molar refractivity (Wildman–Crippen MR) is 57.7 cm³/mol. The summed E-state index contributed by atoms with van der Waals surface area (Å²) in [6.07, 6.45) is 2.13. The third kappa shape index (κ3) is 3.47. The summed E-state index contributed by atoms with van der Waals surface area (Å²) in [5, 5.41) is 18.4. The topological polar surface area (TPSA) is 60.8 Å². The average molecular weight is 215 g/mol. The van der Waals surface area contributed by atoms with Crippen molar-refractivity contribution in [3.05, 3.63) is 0 Å². The van der Waals surface area contributed by atoms with Crippen LogP contribution < -0.4 is 0 Å². The maximum atomic E-state index is 10.9. The molecule has 4 heteroatoms. The van der Waals surface area contributed by atoms with Gasteiger partial charge in [-0.1, -0.05) is 20.3 Å². The smallest absolute Gasteiger partial charge is 0.321 e. The number of likely N-dealkylation sites (tertiary alicyclic amines) is 1. The highest BCUT2D eigenvalue weighted by atomic mass is 16.4. The van der Waals surface area contributed by atoms with E-state index in [9.17, 15) is 9.90 Å². The monoisotopic (exact) mass is 215 g/mol. The average Bonchev–Trinajstić information content (AvgIpc) is 2.47. The number of carboxylic acid groups (broad SMARTS) is 1. The molecule has 1 saturated heterocycles. The van der Waals surface area contributed by atoms with Gasteiger partial charge in [-0.25, -0.2) is 0 Å². The summed E-state index contributed by atoms with van der Waals surface area (Å²) >= 11 is 0. The van der Waals surface area contributed by atoms with Gasteiger partial charge in [-0.2, -0.15) is 0 Å². The van der Waals surface area contributed by atoms with Crippen LogP contribution in [0, 0.1) is 5.92 Å². The van der Waals surface area contributed by atoms with Crippen molar-refractivity contribution >= 4 is 5.97 Å². The minimum atomic E-state index is -0.810. The van der Waals surface area contributed by atoms with Crippen LogP contribution in [0.3, 0.4) is 0 Å². The Morgan fingerprint density at radius 2 is 2.27 bits per heavy atom. The molecule has 15 heavy (non-hydrogen) atoms. The number of nitrogens with zero attached hydrogens (tertiary/aromatic N) is 1. The zero-order valence-corrected chi connectivity index (χ0v) is 9.52. The van der Waals surface area contributed by atoms with Gasteiger partial charge in [-0.15, -0.1) is 0 Å². The molecule has 0 aliphatic carbocycles. The predicted octanol–water partition coefficient (Wildman–Crippen LogP) is 0.942. The minimum Gasteiger partial charge on any atom is -0.480 e. The molecular formula is C11H21NO3. The Morgan fingerprint density at radius 1 is 1.60 bits per heavy atom. The second-order valence-corrected chi connectivity index (χ2v) is 4.59. The Balaban J connectivity index is 2.48. The molecule has 0 aromatic rings. The van der Waals surface area contributed by atoms with Gasteiger partial charge < -0.3 is 10.2 Å². The number of carbonyl (C=O) groups is 1. The molecule has 1 fully saturated rings. The minimum absolute atomic E-state index is 0.369. The fourth-order valence-electron chi connectivity index (χ4n) is 2.32. The Morgan fingerprint density at radius 3 is 2.80 bits per heavy atom. The molecule has 0 spiro atoms. The van der Waals surface area contributed by atoms with Gasteiger partial charge in [0.2, 0.25) is 0 Å². The van der Waals surface area contributed by atoms with Crippen LogP contribution >= 0.6 is 0 Å². The van der Waals surface area contributed by atoms with Crippen LogP contribution in [0.1, 0.15) is 33.1 Å². The van der Waals surface area contributed by atoms with Crippen molar-refractivity contribution in [2.24, 2.45) is 5.92 Å². The molecule has 88 valence electrons. The molecule has 3 atom stereocenters. The number of aliphatic hydroxyl groups is 1. The van der Waals surface area contributed by atoms with E-state index >= 15 is 0 Å². The fourth-order valence-corrected chi connectivity index (χ4v) is 2.32. The van der Waals surface area contributed by atoms with Crippen molar-refractivity contribution in [1.82, 2.24) is 4.90 Å². The first-order valence-corrected chi connectivity index (χ1v) is 5.69. The summed E-state index contributed by atoms with van der Waals surface area (Å²) in [6.45, 7) is 5.55. The lowest BCUT2D eigenvalue weighted by Gasteiger charge is -2.24. The Kier molecular flexibility index (Phi) is 4.54. The number of aliphatic carboxylic acids is 1. The molecule has 3 unspecified atom stereocenters. The van der Waals surface area contributed by atoms with E-state index in [0.717, 1.165) is 19.4 Å². The van der Waals surface area contributed by atoms with Gasteiger partial charge >= 0.3 is 5.97 Å². The summed E-state index contributed by atoms with van der Waals surface area (Å²) in [5.74, 6) is -0.308. The van der Waals surface area contributed by atoms with E-state index in [1.54, 1.807) is 0 Å². The Bertz CT molecular complexity index is 220. The second-order valence-electron chi connectivity index (χ2n) is 4.59. The van der Waals surface area contributed by atoms with Gasteiger partial charge in [0.15, 0.2) is 0 Å². The van der Waals surface area contributed by atoms with Crippen LogP contribution in [0.2, 0.25) is 0 Å². The van der Waals surface area contributed by atoms with E-state index in [1.165, 1.54) is 0 Å². The van der Waals surface area contributed by atoms with Gasteiger partial charge in [0, 0.05) is 19.5 Å². The third-order valence-electron chi connectivity index (χ3n) is 2.99. The SMILES string of the molecule is CCCC(C)CN1CC(O)CC1C(=O)O. The molecule has 0 bridgehead atoms. The van der Waals surface area contributed by atoms with E-state index in [2.05, 4.69) is 13.8 Å². The van der Waals surface area contributed by atoms with Gasteiger partial charge in [-0.3, -0.25) is 9.69 Å². The number of aliphatic hydroxyl groups excluding tert-OH is 1. The van der Waals surface area contributed by atoms with E-state index in [4.69, 9.17) is 5.11 Å². The van der Waals surface area contributed by atoms with Gasteiger partial charge in [0.05, 0.1) is 6.10 Å². The first kappa shape index (κ1) is 12.5. The quantitative estimate of drug-likeness (QED) is 0.716. The highest BCUT2D eigenvalue weighted by molar-refractivity contribution is 5.74. The third-order valence-corrected chi connectivity index (χ3v) is 2.99. The van der Waals surface area contributed by atoms with Crippen molar-refractivity contribution in [2.45, 2.75) is 45.3 Å². The fraction of sp³-hybridized carbons (Fsp3) is 0.909. The summed E-state index contributed by atoms with van der Waals surface area (Å²) in [4.78, 5) is 12.8. The number of hydrogen-bond donors (Lipinski definition) is 2. The van der Waals surface area contributed by atoms with Crippen molar-refractivity contribution < 1.29 is 15.0 Å². The van der Waals surface area contributed by atoms with Crippen molar-refractivity contribution in [2.75, 3.05) is 13.1 Å². The number of rotatable bonds is 5. The van der Waals surface area contributed by atoms with E-state index < -0.39 is 18.1 Å². The molecule has 0 saturated carbocycles. The standard InChI is InChI=1S/C11H21NO3/c1-3-4-8(2)6-12-7-9(13)5-10(12)11(14)15/h8-10,13H,3-7H2,1-2H3,(H,14,15). The molecule has 1 heterocycles. The summed E-state index contributed by atoms with van der Waals surface area (Å²) in [5.41, 5.74) is 0.